The minimum atomic E-state index is -4.29. The Morgan fingerprint density at radius 1 is 1.00 bits per heavy atom. The summed E-state index contributed by atoms with van der Waals surface area (Å²) in [7, 11) is -6.73. The lowest BCUT2D eigenvalue weighted by atomic mass is 10.1. The third-order valence-electron chi connectivity index (χ3n) is 6.04. The zero-order valence-corrected chi connectivity index (χ0v) is 23.0. The van der Waals surface area contributed by atoms with Crippen LogP contribution in [0.25, 0.3) is 0 Å². The number of halogens is 1. The van der Waals surface area contributed by atoms with Gasteiger partial charge in [-0.3, -0.25) is 8.87 Å². The van der Waals surface area contributed by atoms with Gasteiger partial charge in [-0.05, 0) is 74.0 Å². The smallest absolute Gasteiger partial charge is 0.331 e. The molecule has 3 aromatic rings. The number of sulfonamides is 1. The average molecular weight is 564 g/mol. The number of hydrogen-bond acceptors (Lipinski definition) is 7. The van der Waals surface area contributed by atoms with E-state index in [1.807, 2.05) is 0 Å². The van der Waals surface area contributed by atoms with E-state index in [-0.39, 0.29) is 23.8 Å². The SMILES string of the molecule is CCOC(=O)C1C(P(=O)(OCC)c2ccc(OC)cc2)c2cc(Cl)ccc2N1S(=O)(=O)c1ccccc1. The zero-order chi connectivity index (χ0) is 26.8. The molecule has 0 fully saturated rings. The standard InChI is InChI=1S/C26H27ClNO7PS/c1-4-34-26(29)24-25(36(30,35-5-2)20-14-12-19(33-3)13-15-20)22-17-18(27)11-16-23(22)28(24)37(31,32)21-9-7-6-8-10-21/h6-17,24-25H,4-5H2,1-3H3. The topological polar surface area (TPSA) is 99.2 Å². The maximum atomic E-state index is 14.9. The van der Waals surface area contributed by atoms with E-state index in [9.17, 15) is 17.8 Å². The van der Waals surface area contributed by atoms with Gasteiger partial charge in [0.05, 0.1) is 36.6 Å². The summed E-state index contributed by atoms with van der Waals surface area (Å²) in [6, 6.07) is 17.3. The van der Waals surface area contributed by atoms with E-state index in [1.54, 1.807) is 56.3 Å². The molecule has 3 aromatic carbocycles. The van der Waals surface area contributed by atoms with Crippen LogP contribution in [0.2, 0.25) is 5.02 Å². The van der Waals surface area contributed by atoms with Crippen molar-refractivity contribution in [3.05, 3.63) is 83.4 Å². The molecular formula is C26H27ClNO7PS. The van der Waals surface area contributed by atoms with Gasteiger partial charge in [0.1, 0.15) is 5.75 Å². The first-order chi connectivity index (χ1) is 17.7. The minimum Gasteiger partial charge on any atom is -0.497 e. The molecule has 4 rings (SSSR count). The van der Waals surface area contributed by atoms with Gasteiger partial charge in [-0.25, -0.2) is 13.2 Å². The molecule has 0 aromatic heterocycles. The van der Waals surface area contributed by atoms with Crippen LogP contribution in [0, 0.1) is 0 Å². The van der Waals surface area contributed by atoms with Crippen molar-refractivity contribution in [3.63, 3.8) is 0 Å². The average Bonchev–Trinajstić information content (AvgIpc) is 3.25. The molecule has 1 aliphatic rings. The molecular weight excluding hydrogens is 537 g/mol. The quantitative estimate of drug-likeness (QED) is 0.261. The van der Waals surface area contributed by atoms with Gasteiger partial charge in [0, 0.05) is 10.3 Å². The number of fused-ring (bicyclic) bond motifs is 1. The van der Waals surface area contributed by atoms with Crippen LogP contribution in [0.3, 0.4) is 0 Å². The molecule has 3 atom stereocenters. The summed E-state index contributed by atoms with van der Waals surface area (Å²) in [6.45, 7) is 3.35. The fourth-order valence-corrected chi connectivity index (χ4v) is 9.22. The molecule has 0 saturated heterocycles. The van der Waals surface area contributed by atoms with Crippen LogP contribution >= 0.6 is 19.0 Å². The molecule has 0 saturated carbocycles. The minimum absolute atomic E-state index is 0.000147. The van der Waals surface area contributed by atoms with Crippen molar-refractivity contribution in [2.75, 3.05) is 24.6 Å². The third kappa shape index (κ3) is 4.89. The summed E-state index contributed by atoms with van der Waals surface area (Å²) in [5.74, 6) is -0.301. The molecule has 37 heavy (non-hydrogen) atoms. The van der Waals surface area contributed by atoms with Crippen molar-refractivity contribution in [3.8, 4) is 5.75 Å². The number of carbonyl (C=O) groups is 1. The first-order valence-electron chi connectivity index (χ1n) is 11.6. The van der Waals surface area contributed by atoms with Crippen LogP contribution in [-0.4, -0.2) is 40.8 Å². The zero-order valence-electron chi connectivity index (χ0n) is 20.5. The number of anilines is 1. The predicted octanol–water partition coefficient (Wildman–Crippen LogP) is 5.17. The van der Waals surface area contributed by atoms with Crippen molar-refractivity contribution in [1.82, 2.24) is 0 Å². The van der Waals surface area contributed by atoms with Gasteiger partial charge in [-0.15, -0.1) is 0 Å². The third-order valence-corrected chi connectivity index (χ3v) is 11.0. The lowest BCUT2D eigenvalue weighted by Crippen LogP contribution is -2.46. The molecule has 0 amide bonds. The summed E-state index contributed by atoms with van der Waals surface area (Å²) >= 11 is 6.34. The Labute approximate surface area is 221 Å². The van der Waals surface area contributed by atoms with Crippen molar-refractivity contribution >= 4 is 46.0 Å². The van der Waals surface area contributed by atoms with Gasteiger partial charge in [-0.1, -0.05) is 29.8 Å². The van der Waals surface area contributed by atoms with Gasteiger partial charge in [0.2, 0.25) is 7.37 Å². The van der Waals surface area contributed by atoms with Crippen LogP contribution in [0.4, 0.5) is 5.69 Å². The van der Waals surface area contributed by atoms with Gasteiger partial charge >= 0.3 is 5.97 Å². The molecule has 11 heteroatoms. The summed E-state index contributed by atoms with van der Waals surface area (Å²) in [4.78, 5) is 13.5. The molecule has 0 spiro atoms. The number of rotatable bonds is 9. The van der Waals surface area contributed by atoms with Crippen LogP contribution in [0.5, 0.6) is 5.75 Å². The summed E-state index contributed by atoms with van der Waals surface area (Å²) < 4.78 is 60.4. The first-order valence-corrected chi connectivity index (χ1v) is 15.1. The van der Waals surface area contributed by atoms with Crippen LogP contribution in [0.1, 0.15) is 25.1 Å². The maximum absolute atomic E-state index is 14.9. The number of hydrogen-bond donors (Lipinski definition) is 0. The fraction of sp³-hybridized carbons (Fsp3) is 0.269. The second kappa shape index (κ2) is 10.9. The van der Waals surface area contributed by atoms with Gasteiger partial charge in [-0.2, -0.15) is 0 Å². The van der Waals surface area contributed by atoms with E-state index in [0.29, 0.717) is 21.6 Å². The lowest BCUT2D eigenvalue weighted by molar-refractivity contribution is -0.144. The highest BCUT2D eigenvalue weighted by molar-refractivity contribution is 7.93. The highest BCUT2D eigenvalue weighted by atomic mass is 35.5. The summed E-state index contributed by atoms with van der Waals surface area (Å²) in [6.07, 6.45) is 0. The molecule has 0 radical (unpaired) electrons. The Bertz CT molecular complexity index is 1430. The fourth-order valence-electron chi connectivity index (χ4n) is 4.51. The lowest BCUT2D eigenvalue weighted by Gasteiger charge is -2.32. The number of methoxy groups -OCH3 is 1. The van der Waals surface area contributed by atoms with Gasteiger partial charge in [0.25, 0.3) is 10.0 Å². The largest absolute Gasteiger partial charge is 0.497 e. The second-order valence-electron chi connectivity index (χ2n) is 8.17. The Hall–Kier alpha value is -2.84. The molecule has 3 unspecified atom stereocenters. The monoisotopic (exact) mass is 563 g/mol. The van der Waals surface area contributed by atoms with Crippen LogP contribution < -0.4 is 14.3 Å². The Kier molecular flexibility index (Phi) is 7.99. The van der Waals surface area contributed by atoms with E-state index in [4.69, 9.17) is 25.6 Å². The molecule has 196 valence electrons. The molecule has 0 aliphatic carbocycles. The van der Waals surface area contributed by atoms with Crippen molar-refractivity contribution in [1.29, 1.82) is 0 Å². The van der Waals surface area contributed by atoms with Crippen molar-refractivity contribution < 1.29 is 31.8 Å². The summed E-state index contributed by atoms with van der Waals surface area (Å²) in [5, 5.41) is 0.599. The molecule has 1 heterocycles. The summed E-state index contributed by atoms with van der Waals surface area (Å²) in [5.41, 5.74) is -0.713. The molecule has 0 N–H and O–H groups in total. The van der Waals surface area contributed by atoms with E-state index >= 15 is 0 Å². The van der Waals surface area contributed by atoms with Crippen molar-refractivity contribution in [2.24, 2.45) is 0 Å². The number of benzene rings is 3. The maximum Gasteiger partial charge on any atom is 0.331 e. The van der Waals surface area contributed by atoms with Crippen LogP contribution in [-0.2, 0) is 28.6 Å². The van der Waals surface area contributed by atoms with Gasteiger partial charge in [0.15, 0.2) is 6.04 Å². The van der Waals surface area contributed by atoms with E-state index in [1.165, 1.54) is 37.4 Å². The molecule has 8 nitrogen and oxygen atoms in total. The molecule has 1 aliphatic heterocycles. The van der Waals surface area contributed by atoms with Gasteiger partial charge < -0.3 is 14.0 Å². The van der Waals surface area contributed by atoms with Crippen molar-refractivity contribution in [2.45, 2.75) is 30.4 Å². The number of esters is 1. The Morgan fingerprint density at radius 2 is 1.68 bits per heavy atom. The Balaban J connectivity index is 2.01. The van der Waals surface area contributed by atoms with Crippen LogP contribution in [0.15, 0.2) is 77.7 Å². The van der Waals surface area contributed by atoms with E-state index in [0.717, 1.165) is 4.31 Å². The highest BCUT2D eigenvalue weighted by Gasteiger charge is 2.57. The predicted molar refractivity (Wildman–Crippen MR) is 143 cm³/mol. The van der Waals surface area contributed by atoms with E-state index in [2.05, 4.69) is 0 Å². The highest BCUT2D eigenvalue weighted by Crippen LogP contribution is 2.66. The second-order valence-corrected chi connectivity index (χ2v) is 12.9. The number of ether oxygens (including phenoxy) is 2. The normalized spacial score (nSPS) is 18.6. The Morgan fingerprint density at radius 3 is 2.27 bits per heavy atom. The number of nitrogens with zero attached hydrogens (tertiary/aromatic N) is 1. The first kappa shape index (κ1) is 27.2. The van der Waals surface area contributed by atoms with E-state index < -0.39 is 35.1 Å². The molecule has 0 bridgehead atoms. The number of carbonyl (C=O) groups excluding carboxylic acids is 1.